The van der Waals surface area contributed by atoms with E-state index in [9.17, 15) is 4.79 Å². The SMILES string of the molecule is CCOc1cccc(-c2cnc(N)cc2C(=O)OC)c1. The third-order valence-electron chi connectivity index (χ3n) is 2.79. The number of nitrogens with two attached hydrogens (primary N) is 1. The van der Waals surface area contributed by atoms with Crippen molar-refractivity contribution in [3.05, 3.63) is 42.1 Å². The van der Waals surface area contributed by atoms with Gasteiger partial charge >= 0.3 is 5.97 Å². The lowest BCUT2D eigenvalue weighted by Crippen LogP contribution is -2.06. The fourth-order valence-corrected chi connectivity index (χ4v) is 1.90. The molecular formula is C15H16N2O3. The summed E-state index contributed by atoms with van der Waals surface area (Å²) >= 11 is 0. The van der Waals surface area contributed by atoms with E-state index < -0.39 is 5.97 Å². The predicted molar refractivity (Wildman–Crippen MR) is 76.6 cm³/mol. The van der Waals surface area contributed by atoms with Crippen LogP contribution in [0.5, 0.6) is 5.75 Å². The largest absolute Gasteiger partial charge is 0.494 e. The molecule has 1 heterocycles. The van der Waals surface area contributed by atoms with Gasteiger partial charge in [-0.15, -0.1) is 0 Å². The Bertz CT molecular complexity index is 626. The maximum atomic E-state index is 11.8. The second-order valence-corrected chi connectivity index (χ2v) is 4.11. The Morgan fingerprint density at radius 3 is 2.85 bits per heavy atom. The van der Waals surface area contributed by atoms with E-state index in [4.69, 9.17) is 15.2 Å². The summed E-state index contributed by atoms with van der Waals surface area (Å²) in [7, 11) is 1.33. The number of esters is 1. The molecule has 0 amide bonds. The van der Waals surface area contributed by atoms with Crippen LogP contribution in [0.4, 0.5) is 5.82 Å². The van der Waals surface area contributed by atoms with Crippen molar-refractivity contribution in [1.82, 2.24) is 4.98 Å². The zero-order valence-electron chi connectivity index (χ0n) is 11.4. The highest BCUT2D eigenvalue weighted by molar-refractivity contribution is 5.97. The zero-order chi connectivity index (χ0) is 14.5. The van der Waals surface area contributed by atoms with Gasteiger partial charge in [0, 0.05) is 11.8 Å². The average Bonchev–Trinajstić information content (AvgIpc) is 2.47. The number of pyridine rings is 1. The van der Waals surface area contributed by atoms with Crippen molar-refractivity contribution < 1.29 is 14.3 Å². The van der Waals surface area contributed by atoms with Crippen LogP contribution in [0.1, 0.15) is 17.3 Å². The number of methoxy groups -OCH3 is 1. The third kappa shape index (κ3) is 2.88. The van der Waals surface area contributed by atoms with Gasteiger partial charge in [-0.3, -0.25) is 0 Å². The first kappa shape index (κ1) is 13.9. The van der Waals surface area contributed by atoms with E-state index in [1.807, 2.05) is 31.2 Å². The van der Waals surface area contributed by atoms with Gasteiger partial charge in [0.05, 0.1) is 19.3 Å². The van der Waals surface area contributed by atoms with Crippen LogP contribution >= 0.6 is 0 Å². The van der Waals surface area contributed by atoms with E-state index >= 15 is 0 Å². The van der Waals surface area contributed by atoms with Crippen molar-refractivity contribution in [2.75, 3.05) is 19.5 Å². The van der Waals surface area contributed by atoms with Crippen molar-refractivity contribution in [1.29, 1.82) is 0 Å². The highest BCUT2D eigenvalue weighted by atomic mass is 16.5. The molecule has 0 atom stereocenters. The Morgan fingerprint density at radius 1 is 1.35 bits per heavy atom. The first-order valence-electron chi connectivity index (χ1n) is 6.22. The monoisotopic (exact) mass is 272 g/mol. The molecule has 0 saturated carbocycles. The minimum absolute atomic E-state index is 0.273. The van der Waals surface area contributed by atoms with Gasteiger partial charge in [-0.2, -0.15) is 0 Å². The molecule has 2 rings (SSSR count). The van der Waals surface area contributed by atoms with Gasteiger partial charge in [-0.1, -0.05) is 12.1 Å². The molecule has 0 fully saturated rings. The van der Waals surface area contributed by atoms with Gasteiger partial charge in [0.15, 0.2) is 0 Å². The first-order chi connectivity index (χ1) is 9.65. The molecule has 1 aromatic heterocycles. The maximum Gasteiger partial charge on any atom is 0.338 e. The molecule has 20 heavy (non-hydrogen) atoms. The Morgan fingerprint density at radius 2 is 2.15 bits per heavy atom. The molecule has 1 aromatic carbocycles. The van der Waals surface area contributed by atoms with Crippen LogP contribution in [0, 0.1) is 0 Å². The molecule has 2 aromatic rings. The molecule has 0 aliphatic rings. The van der Waals surface area contributed by atoms with E-state index in [0.29, 0.717) is 17.7 Å². The number of carbonyl (C=O) groups is 1. The minimum atomic E-state index is -0.448. The number of rotatable bonds is 4. The maximum absolute atomic E-state index is 11.8. The molecule has 104 valence electrons. The second kappa shape index (κ2) is 6.06. The number of ether oxygens (including phenoxy) is 2. The number of hydrogen-bond donors (Lipinski definition) is 1. The van der Waals surface area contributed by atoms with Crippen molar-refractivity contribution in [2.24, 2.45) is 0 Å². The molecule has 0 aliphatic heterocycles. The normalized spacial score (nSPS) is 10.1. The molecule has 0 saturated heterocycles. The van der Waals surface area contributed by atoms with Crippen molar-refractivity contribution >= 4 is 11.8 Å². The fourth-order valence-electron chi connectivity index (χ4n) is 1.90. The molecule has 0 aliphatic carbocycles. The topological polar surface area (TPSA) is 74.4 Å². The molecular weight excluding hydrogens is 256 g/mol. The number of nitrogens with zero attached hydrogens (tertiary/aromatic N) is 1. The number of anilines is 1. The van der Waals surface area contributed by atoms with Gasteiger partial charge in [-0.05, 0) is 30.7 Å². The Balaban J connectivity index is 2.51. The summed E-state index contributed by atoms with van der Waals surface area (Å²) in [4.78, 5) is 15.9. The van der Waals surface area contributed by atoms with Gasteiger partial charge < -0.3 is 15.2 Å². The third-order valence-corrected chi connectivity index (χ3v) is 2.79. The Hall–Kier alpha value is -2.56. The summed E-state index contributed by atoms with van der Waals surface area (Å²) in [6.45, 7) is 2.49. The van der Waals surface area contributed by atoms with Gasteiger partial charge in [-0.25, -0.2) is 9.78 Å². The molecule has 0 spiro atoms. The van der Waals surface area contributed by atoms with Crippen LogP contribution in [-0.2, 0) is 4.74 Å². The highest BCUT2D eigenvalue weighted by Gasteiger charge is 2.15. The number of nitrogen functional groups attached to an aromatic ring is 1. The molecule has 0 unspecified atom stereocenters. The fraction of sp³-hybridized carbons (Fsp3) is 0.200. The van der Waals surface area contributed by atoms with Gasteiger partial charge in [0.2, 0.25) is 0 Å². The smallest absolute Gasteiger partial charge is 0.338 e. The summed E-state index contributed by atoms with van der Waals surface area (Å²) in [6.07, 6.45) is 1.56. The molecule has 2 N–H and O–H groups in total. The van der Waals surface area contributed by atoms with Crippen LogP contribution in [0.2, 0.25) is 0 Å². The highest BCUT2D eigenvalue weighted by Crippen LogP contribution is 2.27. The van der Waals surface area contributed by atoms with E-state index in [2.05, 4.69) is 4.98 Å². The quantitative estimate of drug-likeness (QED) is 0.866. The van der Waals surface area contributed by atoms with E-state index in [-0.39, 0.29) is 5.82 Å². The molecule has 0 radical (unpaired) electrons. The standard InChI is InChI=1S/C15H16N2O3/c1-3-20-11-6-4-5-10(7-11)13-9-17-14(16)8-12(13)15(18)19-2/h4-9H,3H2,1-2H3,(H2,16,17). The van der Waals surface area contributed by atoms with Crippen LogP contribution in [0.15, 0.2) is 36.5 Å². The van der Waals surface area contributed by atoms with Crippen LogP contribution < -0.4 is 10.5 Å². The van der Waals surface area contributed by atoms with Crippen LogP contribution in [0.3, 0.4) is 0 Å². The zero-order valence-corrected chi connectivity index (χ0v) is 11.4. The lowest BCUT2D eigenvalue weighted by atomic mass is 10.0. The lowest BCUT2D eigenvalue weighted by molar-refractivity contribution is 0.0601. The predicted octanol–water partition coefficient (Wildman–Crippen LogP) is 2.52. The molecule has 5 nitrogen and oxygen atoms in total. The summed E-state index contributed by atoms with van der Waals surface area (Å²) in [6, 6.07) is 8.95. The van der Waals surface area contributed by atoms with E-state index in [1.165, 1.54) is 13.2 Å². The number of hydrogen-bond acceptors (Lipinski definition) is 5. The van der Waals surface area contributed by atoms with Gasteiger partial charge in [0.25, 0.3) is 0 Å². The molecule has 0 bridgehead atoms. The summed E-state index contributed by atoms with van der Waals surface area (Å²) in [5.74, 6) is 0.559. The minimum Gasteiger partial charge on any atom is -0.494 e. The Labute approximate surface area is 117 Å². The van der Waals surface area contributed by atoms with Crippen LogP contribution in [-0.4, -0.2) is 24.7 Å². The number of carbonyl (C=O) groups excluding carboxylic acids is 1. The number of benzene rings is 1. The molecule has 5 heteroatoms. The second-order valence-electron chi connectivity index (χ2n) is 4.11. The van der Waals surface area contributed by atoms with E-state index in [0.717, 1.165) is 11.3 Å². The number of aromatic nitrogens is 1. The Kier molecular flexibility index (Phi) is 4.20. The first-order valence-corrected chi connectivity index (χ1v) is 6.22. The summed E-state index contributed by atoms with van der Waals surface area (Å²) < 4.78 is 10.2. The van der Waals surface area contributed by atoms with Gasteiger partial charge in [0.1, 0.15) is 11.6 Å². The average molecular weight is 272 g/mol. The van der Waals surface area contributed by atoms with Crippen molar-refractivity contribution in [2.45, 2.75) is 6.92 Å². The van der Waals surface area contributed by atoms with Crippen molar-refractivity contribution in [3.8, 4) is 16.9 Å². The van der Waals surface area contributed by atoms with E-state index in [1.54, 1.807) is 6.20 Å². The van der Waals surface area contributed by atoms with Crippen molar-refractivity contribution in [3.63, 3.8) is 0 Å². The van der Waals surface area contributed by atoms with Crippen LogP contribution in [0.25, 0.3) is 11.1 Å². The summed E-state index contributed by atoms with van der Waals surface area (Å²) in [5.41, 5.74) is 7.50. The summed E-state index contributed by atoms with van der Waals surface area (Å²) in [5, 5.41) is 0. The lowest BCUT2D eigenvalue weighted by Gasteiger charge is -2.10.